The maximum atomic E-state index is 9.24. The second kappa shape index (κ2) is 9.39. The second-order valence-electron chi connectivity index (χ2n) is 5.42. The summed E-state index contributed by atoms with van der Waals surface area (Å²) in [6.45, 7) is 4.88. The smallest absolute Gasteiger partial charge is 0.193 e. The highest BCUT2D eigenvalue weighted by Gasteiger charge is 2.02. The third-order valence-corrected chi connectivity index (χ3v) is 3.73. The van der Waals surface area contributed by atoms with Gasteiger partial charge in [-0.15, -0.1) is 24.0 Å². The summed E-state index contributed by atoms with van der Waals surface area (Å²) in [5.74, 6) is 1.19. The van der Waals surface area contributed by atoms with Crippen LogP contribution in [0.1, 0.15) is 37.3 Å². The van der Waals surface area contributed by atoms with Gasteiger partial charge in [-0.25, -0.2) is 4.99 Å². The van der Waals surface area contributed by atoms with Crippen molar-refractivity contribution in [2.75, 3.05) is 5.32 Å². The number of guanidine groups is 1. The number of halogens is 1. The molecule has 0 aliphatic rings. The maximum Gasteiger partial charge on any atom is 0.193 e. The lowest BCUT2D eigenvalue weighted by Crippen LogP contribution is -2.22. The topological polar surface area (TPSA) is 70.6 Å². The molecule has 0 bridgehead atoms. The molecule has 0 spiro atoms. The zero-order valence-electron chi connectivity index (χ0n) is 13.5. The van der Waals surface area contributed by atoms with Crippen LogP contribution in [0.2, 0.25) is 0 Å². The number of hydrogen-bond donors (Lipinski definition) is 3. The predicted molar refractivity (Wildman–Crippen MR) is 108 cm³/mol. The molecule has 23 heavy (non-hydrogen) atoms. The molecule has 0 amide bonds. The van der Waals surface area contributed by atoms with Gasteiger partial charge in [0.15, 0.2) is 5.96 Å². The Morgan fingerprint density at radius 3 is 2.30 bits per heavy atom. The third-order valence-electron chi connectivity index (χ3n) is 3.73. The zero-order chi connectivity index (χ0) is 15.9. The van der Waals surface area contributed by atoms with Gasteiger partial charge in [0.25, 0.3) is 0 Å². The van der Waals surface area contributed by atoms with Crippen molar-refractivity contribution in [2.24, 2.45) is 10.7 Å². The van der Waals surface area contributed by atoms with Crippen LogP contribution in [0, 0.1) is 0 Å². The predicted octanol–water partition coefficient (Wildman–Crippen LogP) is 4.45. The molecule has 4 nitrogen and oxygen atoms in total. The molecule has 2 aromatic rings. The van der Waals surface area contributed by atoms with Gasteiger partial charge in [0.05, 0.1) is 6.54 Å². The number of phenolic OH excluding ortho intramolecular Hbond substituents is 1. The molecule has 0 fully saturated rings. The Hall–Kier alpha value is -1.76. The summed E-state index contributed by atoms with van der Waals surface area (Å²) >= 11 is 0. The van der Waals surface area contributed by atoms with Gasteiger partial charge in [0, 0.05) is 5.69 Å². The van der Waals surface area contributed by atoms with Gasteiger partial charge >= 0.3 is 0 Å². The van der Waals surface area contributed by atoms with E-state index in [1.54, 1.807) is 12.1 Å². The van der Waals surface area contributed by atoms with Gasteiger partial charge in [-0.05, 0) is 47.7 Å². The molecule has 4 N–H and O–H groups in total. The van der Waals surface area contributed by atoms with Crippen LogP contribution in [0.3, 0.4) is 0 Å². The summed E-state index contributed by atoms with van der Waals surface area (Å²) in [5.41, 5.74) is 9.15. The van der Waals surface area contributed by atoms with Crippen molar-refractivity contribution < 1.29 is 5.11 Å². The van der Waals surface area contributed by atoms with E-state index in [4.69, 9.17) is 5.73 Å². The quantitative estimate of drug-likeness (QED) is 0.377. The Morgan fingerprint density at radius 1 is 1.13 bits per heavy atom. The Labute approximate surface area is 154 Å². The van der Waals surface area contributed by atoms with Crippen LogP contribution in [0.5, 0.6) is 5.75 Å². The van der Waals surface area contributed by atoms with Crippen molar-refractivity contribution >= 4 is 35.6 Å². The number of aromatic hydroxyl groups is 1. The summed E-state index contributed by atoms with van der Waals surface area (Å²) in [7, 11) is 0. The molecular weight excluding hydrogens is 401 g/mol. The highest BCUT2D eigenvalue weighted by molar-refractivity contribution is 14.0. The number of benzene rings is 2. The standard InChI is InChI=1S/C18H23N3O.HI/c1-3-13(2)15-6-8-16(9-7-15)21-18(19)20-12-14-4-10-17(22)11-5-14;/h4-11,13,22H,3,12H2,1-2H3,(H3,19,20,21);1H. The molecule has 0 radical (unpaired) electrons. The van der Waals surface area contributed by atoms with E-state index in [1.165, 1.54) is 5.56 Å². The average molecular weight is 425 g/mol. The molecule has 2 rings (SSSR count). The normalized spacial score (nSPS) is 12.3. The van der Waals surface area contributed by atoms with E-state index in [9.17, 15) is 5.11 Å². The van der Waals surface area contributed by atoms with Gasteiger partial charge in [-0.1, -0.05) is 38.1 Å². The Morgan fingerprint density at radius 2 is 1.74 bits per heavy atom. The summed E-state index contributed by atoms with van der Waals surface area (Å²) in [4.78, 5) is 4.29. The second-order valence-corrected chi connectivity index (χ2v) is 5.42. The van der Waals surface area contributed by atoms with E-state index < -0.39 is 0 Å². The average Bonchev–Trinajstić information content (AvgIpc) is 2.54. The molecule has 1 unspecified atom stereocenters. The van der Waals surface area contributed by atoms with Crippen LogP contribution in [0.4, 0.5) is 5.69 Å². The van der Waals surface area contributed by atoms with Crippen LogP contribution in [0.25, 0.3) is 0 Å². The monoisotopic (exact) mass is 425 g/mol. The SMILES string of the molecule is CCC(C)c1ccc(NC(N)=NCc2ccc(O)cc2)cc1.I. The first-order valence-electron chi connectivity index (χ1n) is 7.53. The Bertz CT molecular complexity index is 624. The molecule has 0 heterocycles. The largest absolute Gasteiger partial charge is 0.508 e. The lowest BCUT2D eigenvalue weighted by molar-refractivity contribution is 0.475. The molecular formula is C18H24IN3O. The van der Waals surface area contributed by atoms with E-state index in [1.807, 2.05) is 24.3 Å². The lowest BCUT2D eigenvalue weighted by Gasteiger charge is -2.10. The molecule has 2 aromatic carbocycles. The molecule has 1 atom stereocenters. The fourth-order valence-electron chi connectivity index (χ4n) is 2.10. The van der Waals surface area contributed by atoms with Crippen LogP contribution in [-0.2, 0) is 6.54 Å². The Kier molecular flexibility index (Phi) is 7.88. The number of nitrogens with two attached hydrogens (primary N) is 1. The number of rotatable bonds is 5. The van der Waals surface area contributed by atoms with E-state index in [0.29, 0.717) is 18.4 Å². The number of nitrogens with one attached hydrogen (secondary N) is 1. The van der Waals surface area contributed by atoms with Crippen LogP contribution in [-0.4, -0.2) is 11.1 Å². The van der Waals surface area contributed by atoms with E-state index in [0.717, 1.165) is 17.7 Å². The molecule has 0 saturated carbocycles. The summed E-state index contributed by atoms with van der Waals surface area (Å²) < 4.78 is 0. The first kappa shape index (κ1) is 19.3. The summed E-state index contributed by atoms with van der Waals surface area (Å²) in [5, 5.41) is 12.3. The molecule has 0 aromatic heterocycles. The number of anilines is 1. The minimum Gasteiger partial charge on any atom is -0.508 e. The lowest BCUT2D eigenvalue weighted by atomic mass is 9.99. The number of hydrogen-bond acceptors (Lipinski definition) is 2. The van der Waals surface area contributed by atoms with Crippen LogP contribution in [0.15, 0.2) is 53.5 Å². The van der Waals surface area contributed by atoms with Crippen molar-refractivity contribution in [3.05, 3.63) is 59.7 Å². The Balaban J connectivity index is 0.00000264. The van der Waals surface area contributed by atoms with Gasteiger partial charge in [0.2, 0.25) is 0 Å². The third kappa shape index (κ3) is 6.09. The highest BCUT2D eigenvalue weighted by atomic mass is 127. The van der Waals surface area contributed by atoms with Crippen LogP contribution >= 0.6 is 24.0 Å². The van der Waals surface area contributed by atoms with Gasteiger partial charge < -0.3 is 16.2 Å². The van der Waals surface area contributed by atoms with E-state index >= 15 is 0 Å². The number of phenols is 1. The van der Waals surface area contributed by atoms with Crippen molar-refractivity contribution in [1.29, 1.82) is 0 Å². The fourth-order valence-corrected chi connectivity index (χ4v) is 2.10. The maximum absolute atomic E-state index is 9.24. The molecule has 5 heteroatoms. The molecule has 0 aliphatic carbocycles. The fraction of sp³-hybridized carbons (Fsp3) is 0.278. The zero-order valence-corrected chi connectivity index (χ0v) is 15.8. The van der Waals surface area contributed by atoms with Gasteiger partial charge in [-0.2, -0.15) is 0 Å². The van der Waals surface area contributed by atoms with Gasteiger partial charge in [0.1, 0.15) is 5.75 Å². The molecule has 0 saturated heterocycles. The van der Waals surface area contributed by atoms with Crippen molar-refractivity contribution in [3.8, 4) is 5.75 Å². The minimum atomic E-state index is 0. The number of aliphatic imine (C=N–C) groups is 1. The van der Waals surface area contributed by atoms with E-state index in [-0.39, 0.29) is 29.7 Å². The highest BCUT2D eigenvalue weighted by Crippen LogP contribution is 2.20. The van der Waals surface area contributed by atoms with Crippen molar-refractivity contribution in [1.82, 2.24) is 0 Å². The molecule has 0 aliphatic heterocycles. The summed E-state index contributed by atoms with van der Waals surface area (Å²) in [6, 6.07) is 15.2. The first-order valence-corrected chi connectivity index (χ1v) is 7.53. The number of nitrogens with zero attached hydrogens (tertiary/aromatic N) is 1. The minimum absolute atomic E-state index is 0. The van der Waals surface area contributed by atoms with Crippen molar-refractivity contribution in [2.45, 2.75) is 32.7 Å². The molecule has 124 valence electrons. The van der Waals surface area contributed by atoms with Gasteiger partial charge in [-0.3, -0.25) is 0 Å². The van der Waals surface area contributed by atoms with Crippen LogP contribution < -0.4 is 11.1 Å². The van der Waals surface area contributed by atoms with E-state index in [2.05, 4.69) is 36.3 Å². The summed E-state index contributed by atoms with van der Waals surface area (Å²) in [6.07, 6.45) is 1.13. The van der Waals surface area contributed by atoms with Crippen molar-refractivity contribution in [3.63, 3.8) is 0 Å². The first-order chi connectivity index (χ1) is 10.6.